The van der Waals surface area contributed by atoms with Crippen molar-refractivity contribution in [1.82, 2.24) is 19.2 Å². The van der Waals surface area contributed by atoms with Gasteiger partial charge in [-0.05, 0) is 26.3 Å². The number of carbonyl (C=O) groups excluding carboxylic acids is 1. The molecule has 7 heteroatoms. The highest BCUT2D eigenvalue weighted by Crippen LogP contribution is 2.23. The Balaban J connectivity index is 1.67. The third-order valence-electron chi connectivity index (χ3n) is 5.72. The number of benzene rings is 1. The van der Waals surface area contributed by atoms with Crippen LogP contribution in [0.25, 0.3) is 10.8 Å². The fraction of sp³-hybridized carbons (Fsp3) is 0.409. The summed E-state index contributed by atoms with van der Waals surface area (Å²) in [6, 6.07) is 8.40. The van der Waals surface area contributed by atoms with Gasteiger partial charge in [0.1, 0.15) is 6.54 Å². The van der Waals surface area contributed by atoms with Crippen LogP contribution >= 0.6 is 0 Å². The van der Waals surface area contributed by atoms with Crippen molar-refractivity contribution in [3.63, 3.8) is 0 Å². The van der Waals surface area contributed by atoms with Crippen molar-refractivity contribution in [2.24, 2.45) is 0 Å². The summed E-state index contributed by atoms with van der Waals surface area (Å²) < 4.78 is 8.71. The molecule has 0 atom stereocenters. The Bertz CT molecular complexity index is 1110. The van der Waals surface area contributed by atoms with Crippen molar-refractivity contribution in [3.8, 4) is 0 Å². The zero-order valence-corrected chi connectivity index (χ0v) is 17.1. The molecule has 2 aromatic heterocycles. The molecule has 0 unspecified atom stereocenters. The second-order valence-corrected chi connectivity index (χ2v) is 7.63. The van der Waals surface area contributed by atoms with E-state index in [9.17, 15) is 9.59 Å². The number of amides is 1. The number of nitrogens with zero attached hydrogens (tertiary/aromatic N) is 4. The molecule has 1 amide bonds. The maximum absolute atomic E-state index is 13.1. The highest BCUT2D eigenvalue weighted by Gasteiger charge is 2.21. The molecule has 1 aliphatic rings. The number of hydrogen-bond donors (Lipinski definition) is 0. The molecule has 1 aromatic carbocycles. The summed E-state index contributed by atoms with van der Waals surface area (Å²) in [5.41, 5.74) is 4.09. The van der Waals surface area contributed by atoms with Gasteiger partial charge in [-0.25, -0.2) is 4.68 Å². The lowest BCUT2D eigenvalue weighted by molar-refractivity contribution is -0.136. The Hall–Kier alpha value is -2.93. The van der Waals surface area contributed by atoms with Crippen LogP contribution in [0.15, 0.2) is 35.3 Å². The molecule has 0 N–H and O–H groups in total. The number of aryl methyl sites for hydroxylation is 3. The number of aromatic nitrogens is 3. The first-order valence-electron chi connectivity index (χ1n) is 9.92. The standard InChI is InChI=1S/C22H26N4O3/c1-15-4-6-18(7-5-15)13-25-16(2)19-12-23-26(22(28)21(19)17(25)3)14-20(27)24-8-10-29-11-9-24/h4-7,12H,8-11,13-14H2,1-3H3. The topological polar surface area (TPSA) is 69.4 Å². The largest absolute Gasteiger partial charge is 0.378 e. The van der Waals surface area contributed by atoms with Gasteiger partial charge in [-0.3, -0.25) is 9.59 Å². The van der Waals surface area contributed by atoms with E-state index < -0.39 is 0 Å². The number of carbonyl (C=O) groups is 1. The lowest BCUT2D eigenvalue weighted by atomic mass is 10.1. The molecule has 3 heterocycles. The number of fused-ring (bicyclic) bond motifs is 1. The van der Waals surface area contributed by atoms with E-state index in [1.807, 2.05) is 13.8 Å². The van der Waals surface area contributed by atoms with Crippen molar-refractivity contribution in [1.29, 1.82) is 0 Å². The zero-order chi connectivity index (χ0) is 20.5. The molecule has 0 radical (unpaired) electrons. The second-order valence-electron chi connectivity index (χ2n) is 7.63. The van der Waals surface area contributed by atoms with E-state index in [-0.39, 0.29) is 18.0 Å². The second kappa shape index (κ2) is 7.83. The quantitative estimate of drug-likeness (QED) is 0.679. The normalized spacial score (nSPS) is 14.5. The van der Waals surface area contributed by atoms with Crippen LogP contribution in [0, 0.1) is 20.8 Å². The number of hydrogen-bond acceptors (Lipinski definition) is 4. The Kier molecular flexibility index (Phi) is 5.24. The monoisotopic (exact) mass is 394 g/mol. The zero-order valence-electron chi connectivity index (χ0n) is 17.1. The smallest absolute Gasteiger partial charge is 0.276 e. The predicted octanol–water partition coefficient (Wildman–Crippen LogP) is 2.03. The highest BCUT2D eigenvalue weighted by molar-refractivity contribution is 5.87. The van der Waals surface area contributed by atoms with E-state index in [1.165, 1.54) is 15.8 Å². The van der Waals surface area contributed by atoms with Gasteiger partial charge in [0, 0.05) is 36.4 Å². The molecule has 1 fully saturated rings. The summed E-state index contributed by atoms with van der Waals surface area (Å²) in [5.74, 6) is -0.101. The summed E-state index contributed by atoms with van der Waals surface area (Å²) in [6.07, 6.45) is 1.71. The van der Waals surface area contributed by atoms with Crippen LogP contribution in [0.1, 0.15) is 22.5 Å². The molecule has 4 rings (SSSR count). The van der Waals surface area contributed by atoms with E-state index in [0.717, 1.165) is 16.8 Å². The van der Waals surface area contributed by atoms with Gasteiger partial charge in [0.05, 0.1) is 24.8 Å². The fourth-order valence-electron chi connectivity index (χ4n) is 3.91. The van der Waals surface area contributed by atoms with Crippen molar-refractivity contribution >= 4 is 16.7 Å². The summed E-state index contributed by atoms with van der Waals surface area (Å²) in [5, 5.41) is 5.77. The lowest BCUT2D eigenvalue weighted by Crippen LogP contribution is -2.43. The van der Waals surface area contributed by atoms with Crippen molar-refractivity contribution < 1.29 is 9.53 Å². The van der Waals surface area contributed by atoms with Crippen LogP contribution in [-0.4, -0.2) is 51.5 Å². The van der Waals surface area contributed by atoms with Gasteiger partial charge in [0.15, 0.2) is 0 Å². The third kappa shape index (κ3) is 3.70. The van der Waals surface area contributed by atoms with E-state index >= 15 is 0 Å². The lowest BCUT2D eigenvalue weighted by Gasteiger charge is -2.26. The molecular formula is C22H26N4O3. The van der Waals surface area contributed by atoms with Gasteiger partial charge in [-0.15, -0.1) is 0 Å². The molecule has 1 saturated heterocycles. The summed E-state index contributed by atoms with van der Waals surface area (Å²) in [6.45, 7) is 8.86. The molecular weight excluding hydrogens is 368 g/mol. The van der Waals surface area contributed by atoms with Gasteiger partial charge >= 0.3 is 0 Å². The average Bonchev–Trinajstić information content (AvgIpc) is 2.97. The van der Waals surface area contributed by atoms with E-state index in [1.54, 1.807) is 11.1 Å². The van der Waals surface area contributed by atoms with Gasteiger partial charge in [0.25, 0.3) is 5.56 Å². The van der Waals surface area contributed by atoms with Crippen LogP contribution in [0.3, 0.4) is 0 Å². The maximum atomic E-state index is 13.1. The molecule has 3 aromatic rings. The van der Waals surface area contributed by atoms with E-state index in [2.05, 4.69) is 40.9 Å². The van der Waals surface area contributed by atoms with Crippen molar-refractivity contribution in [2.75, 3.05) is 26.3 Å². The molecule has 7 nitrogen and oxygen atoms in total. The first-order chi connectivity index (χ1) is 14.0. The highest BCUT2D eigenvalue weighted by atomic mass is 16.5. The minimum Gasteiger partial charge on any atom is -0.378 e. The number of ether oxygens (including phenoxy) is 1. The van der Waals surface area contributed by atoms with E-state index in [4.69, 9.17) is 4.74 Å². The summed E-state index contributed by atoms with van der Waals surface area (Å²) in [7, 11) is 0. The third-order valence-corrected chi connectivity index (χ3v) is 5.72. The van der Waals surface area contributed by atoms with Crippen LogP contribution < -0.4 is 5.56 Å². The molecule has 0 spiro atoms. The minimum atomic E-state index is -0.215. The van der Waals surface area contributed by atoms with Crippen LogP contribution in [0.2, 0.25) is 0 Å². The van der Waals surface area contributed by atoms with Crippen molar-refractivity contribution in [2.45, 2.75) is 33.9 Å². The first-order valence-corrected chi connectivity index (χ1v) is 9.92. The molecule has 0 saturated carbocycles. The fourth-order valence-corrected chi connectivity index (χ4v) is 3.91. The Morgan fingerprint density at radius 1 is 1.07 bits per heavy atom. The number of morpholine rings is 1. The van der Waals surface area contributed by atoms with Crippen LogP contribution in [0.4, 0.5) is 0 Å². The van der Waals surface area contributed by atoms with Gasteiger partial charge in [-0.1, -0.05) is 29.8 Å². The van der Waals surface area contributed by atoms with Crippen LogP contribution in [-0.2, 0) is 22.6 Å². The van der Waals surface area contributed by atoms with Gasteiger partial charge in [0.2, 0.25) is 5.91 Å². The molecule has 0 aliphatic carbocycles. The summed E-state index contributed by atoms with van der Waals surface area (Å²) in [4.78, 5) is 27.4. The van der Waals surface area contributed by atoms with Crippen LogP contribution in [0.5, 0.6) is 0 Å². The van der Waals surface area contributed by atoms with Gasteiger partial charge < -0.3 is 14.2 Å². The van der Waals surface area contributed by atoms with Crippen molar-refractivity contribution in [3.05, 3.63) is 63.3 Å². The Morgan fingerprint density at radius 2 is 1.76 bits per heavy atom. The first kappa shape index (κ1) is 19.4. The predicted molar refractivity (Wildman–Crippen MR) is 111 cm³/mol. The molecule has 29 heavy (non-hydrogen) atoms. The maximum Gasteiger partial charge on any atom is 0.276 e. The average molecular weight is 394 g/mol. The van der Waals surface area contributed by atoms with Gasteiger partial charge in [-0.2, -0.15) is 5.10 Å². The minimum absolute atomic E-state index is 0.0452. The molecule has 0 bridgehead atoms. The summed E-state index contributed by atoms with van der Waals surface area (Å²) >= 11 is 0. The number of rotatable bonds is 4. The Morgan fingerprint density at radius 3 is 2.45 bits per heavy atom. The Labute approximate surface area is 169 Å². The SMILES string of the molecule is Cc1ccc(Cn2c(C)c3cnn(CC(=O)N4CCOCC4)c(=O)c3c2C)cc1. The molecule has 1 aliphatic heterocycles. The molecule has 152 valence electrons. The van der Waals surface area contributed by atoms with E-state index in [0.29, 0.717) is 38.2 Å².